The highest BCUT2D eigenvalue weighted by molar-refractivity contribution is 5.94. The van der Waals surface area contributed by atoms with Gasteiger partial charge in [-0.2, -0.15) is 0 Å². The summed E-state index contributed by atoms with van der Waals surface area (Å²) in [5, 5.41) is 2.77. The molecule has 0 aliphatic heterocycles. The molecular formula is C15H23FN2O. The summed E-state index contributed by atoms with van der Waals surface area (Å²) in [4.78, 5) is 14.1. The van der Waals surface area contributed by atoms with Crippen molar-refractivity contribution >= 4 is 5.91 Å². The van der Waals surface area contributed by atoms with Crippen molar-refractivity contribution in [3.8, 4) is 0 Å². The minimum Gasteiger partial charge on any atom is -0.351 e. The fourth-order valence-electron chi connectivity index (χ4n) is 1.98. The first-order valence-electron chi connectivity index (χ1n) is 6.85. The zero-order chi connectivity index (χ0) is 14.3. The van der Waals surface area contributed by atoms with E-state index in [9.17, 15) is 9.18 Å². The lowest BCUT2D eigenvalue weighted by Crippen LogP contribution is -2.35. The molecule has 1 aromatic carbocycles. The second-order valence-electron chi connectivity index (χ2n) is 4.67. The van der Waals surface area contributed by atoms with Crippen molar-refractivity contribution in [2.75, 3.05) is 26.2 Å². The van der Waals surface area contributed by atoms with Crippen molar-refractivity contribution in [2.24, 2.45) is 0 Å². The van der Waals surface area contributed by atoms with Crippen molar-refractivity contribution in [1.82, 2.24) is 10.2 Å². The second kappa shape index (κ2) is 7.89. The quantitative estimate of drug-likeness (QED) is 0.822. The molecule has 0 heterocycles. The molecule has 19 heavy (non-hydrogen) atoms. The summed E-state index contributed by atoms with van der Waals surface area (Å²) in [6.07, 6.45) is 1.09. The van der Waals surface area contributed by atoms with Crippen LogP contribution in [0.2, 0.25) is 0 Å². The third-order valence-corrected chi connectivity index (χ3v) is 3.07. The average molecular weight is 266 g/mol. The fourth-order valence-corrected chi connectivity index (χ4v) is 1.98. The summed E-state index contributed by atoms with van der Waals surface area (Å²) in [5.41, 5.74) is 1.01. The van der Waals surface area contributed by atoms with Crippen LogP contribution in [0.1, 0.15) is 36.2 Å². The minimum atomic E-state index is -0.469. The van der Waals surface area contributed by atoms with Crippen LogP contribution in [0.5, 0.6) is 0 Å². The number of carbonyl (C=O) groups is 1. The summed E-state index contributed by atoms with van der Waals surface area (Å²) >= 11 is 0. The molecule has 1 N–H and O–H groups in total. The Morgan fingerprint density at radius 2 is 2.05 bits per heavy atom. The summed E-state index contributed by atoms with van der Waals surface area (Å²) in [6, 6.07) is 4.57. The van der Waals surface area contributed by atoms with Crippen LogP contribution in [-0.2, 0) is 0 Å². The highest BCUT2D eigenvalue weighted by Crippen LogP contribution is 2.09. The monoisotopic (exact) mass is 266 g/mol. The van der Waals surface area contributed by atoms with Gasteiger partial charge in [0.1, 0.15) is 5.82 Å². The molecule has 0 spiro atoms. The van der Waals surface area contributed by atoms with E-state index in [2.05, 4.69) is 24.1 Å². The summed E-state index contributed by atoms with van der Waals surface area (Å²) in [5.74, 6) is -0.808. The van der Waals surface area contributed by atoms with Crippen molar-refractivity contribution in [3.63, 3.8) is 0 Å². The normalized spacial score (nSPS) is 10.8. The van der Waals surface area contributed by atoms with Crippen LogP contribution in [0.4, 0.5) is 4.39 Å². The molecule has 1 amide bonds. The molecule has 1 rings (SSSR count). The summed E-state index contributed by atoms with van der Waals surface area (Å²) in [6.45, 7) is 9.38. The van der Waals surface area contributed by atoms with Crippen LogP contribution >= 0.6 is 0 Å². The molecule has 0 saturated heterocycles. The Kier molecular flexibility index (Phi) is 6.50. The molecule has 1 aromatic rings. The van der Waals surface area contributed by atoms with Gasteiger partial charge in [-0.05, 0) is 38.6 Å². The van der Waals surface area contributed by atoms with Gasteiger partial charge < -0.3 is 10.2 Å². The lowest BCUT2D eigenvalue weighted by molar-refractivity contribution is 0.0944. The molecule has 3 nitrogen and oxygen atoms in total. The van der Waals surface area contributed by atoms with Crippen molar-refractivity contribution < 1.29 is 9.18 Å². The number of nitrogens with zero attached hydrogens (tertiary/aromatic N) is 1. The number of likely N-dealkylation sites (N-methyl/N-ethyl adjacent to an activating group) is 1. The molecule has 0 radical (unpaired) electrons. The van der Waals surface area contributed by atoms with Gasteiger partial charge in [0, 0.05) is 13.1 Å². The lowest BCUT2D eigenvalue weighted by Gasteiger charge is -2.19. The number of hydrogen-bond acceptors (Lipinski definition) is 2. The zero-order valence-corrected chi connectivity index (χ0v) is 12.0. The van der Waals surface area contributed by atoms with Gasteiger partial charge in [-0.25, -0.2) is 4.39 Å². The number of aryl methyl sites for hydroxylation is 1. The highest BCUT2D eigenvalue weighted by Gasteiger charge is 2.11. The van der Waals surface area contributed by atoms with E-state index in [0.29, 0.717) is 6.54 Å². The molecule has 0 aromatic heterocycles. The van der Waals surface area contributed by atoms with Crippen molar-refractivity contribution in [2.45, 2.75) is 27.2 Å². The summed E-state index contributed by atoms with van der Waals surface area (Å²) in [7, 11) is 0. The molecule has 0 atom stereocenters. The second-order valence-corrected chi connectivity index (χ2v) is 4.67. The number of amides is 1. The third kappa shape index (κ3) is 4.99. The Balaban J connectivity index is 2.49. The van der Waals surface area contributed by atoms with Gasteiger partial charge in [0.25, 0.3) is 5.91 Å². The van der Waals surface area contributed by atoms with Gasteiger partial charge in [0.2, 0.25) is 0 Å². The van der Waals surface area contributed by atoms with Crippen LogP contribution in [0, 0.1) is 12.7 Å². The first-order chi connectivity index (χ1) is 9.08. The zero-order valence-electron chi connectivity index (χ0n) is 12.0. The number of benzene rings is 1. The molecular weight excluding hydrogens is 243 g/mol. The largest absolute Gasteiger partial charge is 0.351 e. The van der Waals surface area contributed by atoms with E-state index in [1.165, 1.54) is 6.07 Å². The van der Waals surface area contributed by atoms with Gasteiger partial charge >= 0.3 is 0 Å². The maximum absolute atomic E-state index is 13.5. The number of halogens is 1. The molecule has 0 aliphatic rings. The number of hydrogen-bond donors (Lipinski definition) is 1. The van der Waals surface area contributed by atoms with Gasteiger partial charge in [0.15, 0.2) is 0 Å². The van der Waals surface area contributed by atoms with Gasteiger partial charge in [-0.3, -0.25) is 4.79 Å². The van der Waals surface area contributed by atoms with Crippen molar-refractivity contribution in [1.29, 1.82) is 0 Å². The molecule has 0 fully saturated rings. The number of carbonyl (C=O) groups excluding carboxylic acids is 1. The third-order valence-electron chi connectivity index (χ3n) is 3.07. The average Bonchev–Trinajstić information content (AvgIpc) is 2.40. The molecule has 106 valence electrons. The van der Waals surface area contributed by atoms with E-state index in [-0.39, 0.29) is 11.5 Å². The van der Waals surface area contributed by atoms with Crippen LogP contribution in [0.15, 0.2) is 18.2 Å². The smallest absolute Gasteiger partial charge is 0.254 e. The topological polar surface area (TPSA) is 32.3 Å². The van der Waals surface area contributed by atoms with Gasteiger partial charge in [0.05, 0.1) is 5.56 Å². The Morgan fingerprint density at radius 1 is 1.32 bits per heavy atom. The Bertz CT molecular complexity index is 421. The van der Waals surface area contributed by atoms with E-state index < -0.39 is 5.82 Å². The molecule has 0 aliphatic carbocycles. The van der Waals surface area contributed by atoms with E-state index >= 15 is 0 Å². The lowest BCUT2D eigenvalue weighted by atomic mass is 10.1. The van der Waals surface area contributed by atoms with E-state index in [1.807, 2.05) is 6.92 Å². The Labute approximate surface area is 114 Å². The van der Waals surface area contributed by atoms with E-state index in [1.54, 1.807) is 12.1 Å². The van der Waals surface area contributed by atoms with Crippen LogP contribution in [0.3, 0.4) is 0 Å². The molecule has 4 heteroatoms. The standard InChI is InChI=1S/C15H23FN2O/c1-4-9-18(5-2)10-8-17-15(19)13-11-12(3)6-7-14(13)16/h6-7,11H,4-5,8-10H2,1-3H3,(H,17,19). The Morgan fingerprint density at radius 3 is 2.68 bits per heavy atom. The predicted molar refractivity (Wildman–Crippen MR) is 75.9 cm³/mol. The Hall–Kier alpha value is -1.42. The predicted octanol–water partition coefficient (Wildman–Crippen LogP) is 2.60. The first-order valence-corrected chi connectivity index (χ1v) is 6.85. The molecule has 0 bridgehead atoms. The number of nitrogens with one attached hydrogen (secondary N) is 1. The van der Waals surface area contributed by atoms with Crippen LogP contribution in [0.25, 0.3) is 0 Å². The van der Waals surface area contributed by atoms with E-state index in [0.717, 1.165) is 31.6 Å². The van der Waals surface area contributed by atoms with Gasteiger partial charge in [-0.15, -0.1) is 0 Å². The highest BCUT2D eigenvalue weighted by atomic mass is 19.1. The first kappa shape index (κ1) is 15.6. The SMILES string of the molecule is CCCN(CC)CCNC(=O)c1cc(C)ccc1F. The van der Waals surface area contributed by atoms with Gasteiger partial charge in [-0.1, -0.05) is 25.5 Å². The minimum absolute atomic E-state index is 0.124. The summed E-state index contributed by atoms with van der Waals surface area (Å²) < 4.78 is 13.5. The molecule has 0 saturated carbocycles. The van der Waals surface area contributed by atoms with Crippen LogP contribution in [-0.4, -0.2) is 37.0 Å². The number of rotatable bonds is 7. The van der Waals surface area contributed by atoms with Crippen LogP contribution < -0.4 is 5.32 Å². The fraction of sp³-hybridized carbons (Fsp3) is 0.533. The van der Waals surface area contributed by atoms with E-state index in [4.69, 9.17) is 0 Å². The molecule has 0 unspecified atom stereocenters. The maximum Gasteiger partial charge on any atom is 0.254 e. The maximum atomic E-state index is 13.5. The van der Waals surface area contributed by atoms with Crippen molar-refractivity contribution in [3.05, 3.63) is 35.1 Å².